The molecule has 1 fully saturated rings. The molecule has 1 heterocycles. The van der Waals surface area contributed by atoms with Gasteiger partial charge in [0.2, 0.25) is 5.91 Å². The summed E-state index contributed by atoms with van der Waals surface area (Å²) >= 11 is 0. The number of carbonyl (C=O) groups excluding carboxylic acids is 2. The summed E-state index contributed by atoms with van der Waals surface area (Å²) in [5, 5.41) is 57.1. The Morgan fingerprint density at radius 1 is 0.513 bits per heavy atom. The maximum absolute atomic E-state index is 13.5. The quantitative estimate of drug-likeness (QED) is 0.0149. The van der Waals surface area contributed by atoms with Gasteiger partial charge < -0.3 is 45.1 Å². The number of aliphatic hydroxyl groups excluding tert-OH is 5. The summed E-state index contributed by atoms with van der Waals surface area (Å²) < 4.78 is 17.6. The molecule has 0 aromatic heterocycles. The van der Waals surface area contributed by atoms with Gasteiger partial charge in [-0.15, -0.1) is 0 Å². The van der Waals surface area contributed by atoms with E-state index in [1.54, 1.807) is 6.08 Å². The van der Waals surface area contributed by atoms with Crippen LogP contribution in [0.15, 0.2) is 48.6 Å². The molecule has 0 aromatic carbocycles. The van der Waals surface area contributed by atoms with Gasteiger partial charge in [-0.25, -0.2) is 0 Å². The molecule has 0 spiro atoms. The van der Waals surface area contributed by atoms with Crippen molar-refractivity contribution in [2.75, 3.05) is 13.2 Å². The molecule has 6 N–H and O–H groups in total. The van der Waals surface area contributed by atoms with E-state index >= 15 is 0 Å². The van der Waals surface area contributed by atoms with E-state index in [9.17, 15) is 35.1 Å². The minimum Gasteiger partial charge on any atom is -0.454 e. The van der Waals surface area contributed by atoms with Crippen LogP contribution in [0.5, 0.6) is 0 Å². The van der Waals surface area contributed by atoms with Crippen molar-refractivity contribution in [1.29, 1.82) is 0 Å². The van der Waals surface area contributed by atoms with E-state index in [0.717, 1.165) is 89.9 Å². The second-order valence-corrected chi connectivity index (χ2v) is 22.9. The van der Waals surface area contributed by atoms with Gasteiger partial charge in [-0.2, -0.15) is 0 Å². The average Bonchev–Trinajstić information content (AvgIpc) is 3.45. The van der Waals surface area contributed by atoms with Gasteiger partial charge in [0.25, 0.3) is 0 Å². The fourth-order valence-corrected chi connectivity index (χ4v) is 10.4. The van der Waals surface area contributed by atoms with Gasteiger partial charge in [-0.1, -0.05) is 301 Å². The van der Waals surface area contributed by atoms with Gasteiger partial charge in [-0.3, -0.25) is 9.59 Å². The molecular formula is C67H123NO10. The molecule has 1 saturated heterocycles. The lowest BCUT2D eigenvalue weighted by Gasteiger charge is -2.41. The lowest BCUT2D eigenvalue weighted by molar-refractivity contribution is -0.305. The van der Waals surface area contributed by atoms with Gasteiger partial charge in [-0.05, 0) is 44.9 Å². The van der Waals surface area contributed by atoms with E-state index < -0.39 is 67.4 Å². The number of hydrogen-bond donors (Lipinski definition) is 6. The van der Waals surface area contributed by atoms with Crippen molar-refractivity contribution in [2.24, 2.45) is 0 Å². The topological polar surface area (TPSA) is 175 Å². The number of carbonyl (C=O) groups is 2. The second-order valence-electron chi connectivity index (χ2n) is 22.9. The molecule has 1 aliphatic rings. The van der Waals surface area contributed by atoms with Crippen LogP contribution in [0.25, 0.3) is 0 Å². The highest BCUT2D eigenvalue weighted by Crippen LogP contribution is 2.26. The summed E-state index contributed by atoms with van der Waals surface area (Å²) in [6.07, 6.45) is 57.3. The highest BCUT2D eigenvalue weighted by molar-refractivity contribution is 5.80. The van der Waals surface area contributed by atoms with Crippen molar-refractivity contribution >= 4 is 11.9 Å². The van der Waals surface area contributed by atoms with Crippen LogP contribution in [0.2, 0.25) is 0 Å². The highest BCUT2D eigenvalue weighted by Gasteiger charge is 2.47. The van der Waals surface area contributed by atoms with Crippen LogP contribution in [0, 0.1) is 0 Å². The molecule has 1 amide bonds. The van der Waals surface area contributed by atoms with Crippen molar-refractivity contribution in [1.82, 2.24) is 5.32 Å². The first-order valence-corrected chi connectivity index (χ1v) is 32.9. The molecule has 456 valence electrons. The fourth-order valence-electron chi connectivity index (χ4n) is 10.4. The van der Waals surface area contributed by atoms with Gasteiger partial charge in [0.15, 0.2) is 12.4 Å². The number of rotatable bonds is 56. The lowest BCUT2D eigenvalue weighted by atomic mass is 9.99. The van der Waals surface area contributed by atoms with Crippen molar-refractivity contribution in [2.45, 2.75) is 352 Å². The summed E-state index contributed by atoms with van der Waals surface area (Å²) in [4.78, 5) is 26.6. The second kappa shape index (κ2) is 55.2. The monoisotopic (exact) mass is 1100 g/mol. The molecule has 78 heavy (non-hydrogen) atoms. The number of aliphatic hydroxyl groups is 5. The Kier molecular flexibility index (Phi) is 52.1. The van der Waals surface area contributed by atoms with Crippen LogP contribution in [-0.2, 0) is 23.8 Å². The smallest absolute Gasteiger partial charge is 0.306 e. The van der Waals surface area contributed by atoms with E-state index in [1.807, 2.05) is 12.2 Å². The molecule has 8 unspecified atom stereocenters. The molecule has 1 rings (SSSR count). The maximum Gasteiger partial charge on any atom is 0.306 e. The number of esters is 1. The first kappa shape index (κ1) is 73.6. The van der Waals surface area contributed by atoms with Crippen molar-refractivity contribution in [3.8, 4) is 0 Å². The number of nitrogens with one attached hydrogen (secondary N) is 1. The Morgan fingerprint density at radius 2 is 0.923 bits per heavy atom. The number of allylic oxidation sites excluding steroid dienone is 7. The minimum atomic E-state index is -1.62. The largest absolute Gasteiger partial charge is 0.454 e. The fraction of sp³-hybridized carbons (Fsp3) is 0.851. The molecule has 8 atom stereocenters. The Balaban J connectivity index is 2.61. The third kappa shape index (κ3) is 42.5. The van der Waals surface area contributed by atoms with E-state index in [2.05, 4.69) is 56.5 Å². The maximum atomic E-state index is 13.5. The average molecular weight is 1100 g/mol. The Labute approximate surface area is 478 Å². The molecule has 11 heteroatoms. The van der Waals surface area contributed by atoms with Gasteiger partial charge in [0, 0.05) is 6.42 Å². The summed E-state index contributed by atoms with van der Waals surface area (Å²) in [6.45, 7) is 5.68. The molecule has 1 aliphatic heterocycles. The molecular weight excluding hydrogens is 979 g/mol. The molecule has 0 aromatic rings. The summed E-state index contributed by atoms with van der Waals surface area (Å²) in [6, 6.07) is -1.02. The zero-order valence-corrected chi connectivity index (χ0v) is 50.5. The van der Waals surface area contributed by atoms with E-state index in [1.165, 1.54) is 167 Å². The molecule has 0 bridgehead atoms. The standard InChI is InChI=1S/C67H123NO10/c1-4-7-10-13-16-19-22-25-27-28-29-30-31-32-33-35-36-39-42-45-48-51-54-60(71)66(75)68-58(59(70)53-50-47-44-41-38-24-21-18-15-12-9-6-3)57-76-67-65(64(74)63(73)61(56-69)77-67)78-62(72)55-52-49-46-43-40-37-34-26-23-20-17-14-11-8-5-2/h8,11,14,17,20,23,50,53,58-61,63-65,67,69-71,73-74H,4-7,9-10,12-13,15-16,18-19,21-22,24-49,51-52,54-57H2,1-3H3,(H,68,75)/b11-8+,17-14+,23-20+,53-50+. The Bertz CT molecular complexity index is 1450. The molecule has 0 saturated carbocycles. The molecule has 11 nitrogen and oxygen atoms in total. The first-order valence-electron chi connectivity index (χ1n) is 32.9. The first-order chi connectivity index (χ1) is 38.2. The number of amides is 1. The zero-order chi connectivity index (χ0) is 56.8. The van der Waals surface area contributed by atoms with Crippen molar-refractivity contribution in [3.63, 3.8) is 0 Å². The SMILES string of the molecule is CC/C=C/C=C/C=C/CCCCCCCCCC(=O)OC1C(OCC(NC(=O)C(O)CCCCCCCCCCCCCCCCCCCCCCCC)C(O)/C=C/CCCCCCCCCCCC)OC(CO)C(O)C1O. The Hall–Kier alpha value is -2.38. The van der Waals surface area contributed by atoms with Crippen molar-refractivity contribution in [3.05, 3.63) is 48.6 Å². The summed E-state index contributed by atoms with van der Waals surface area (Å²) in [7, 11) is 0. The molecule has 0 aliphatic carbocycles. The Morgan fingerprint density at radius 3 is 1.37 bits per heavy atom. The lowest BCUT2D eigenvalue weighted by Crippen LogP contribution is -2.61. The predicted octanol–water partition coefficient (Wildman–Crippen LogP) is 16.0. The van der Waals surface area contributed by atoms with Gasteiger partial charge in [0.05, 0.1) is 25.4 Å². The van der Waals surface area contributed by atoms with Crippen LogP contribution in [-0.4, -0.2) is 99.6 Å². The summed E-state index contributed by atoms with van der Waals surface area (Å²) in [5.74, 6) is -1.20. The van der Waals surface area contributed by atoms with Crippen LogP contribution >= 0.6 is 0 Å². The van der Waals surface area contributed by atoms with E-state index in [-0.39, 0.29) is 13.0 Å². The van der Waals surface area contributed by atoms with Gasteiger partial charge >= 0.3 is 5.97 Å². The highest BCUT2D eigenvalue weighted by atomic mass is 16.7. The van der Waals surface area contributed by atoms with Crippen LogP contribution in [0.1, 0.15) is 303 Å². The predicted molar refractivity (Wildman–Crippen MR) is 324 cm³/mol. The van der Waals surface area contributed by atoms with Crippen molar-refractivity contribution < 1.29 is 49.3 Å². The van der Waals surface area contributed by atoms with E-state index in [4.69, 9.17) is 14.2 Å². The summed E-state index contributed by atoms with van der Waals surface area (Å²) in [5.41, 5.74) is 0. The van der Waals surface area contributed by atoms with Gasteiger partial charge in [0.1, 0.15) is 24.4 Å². The van der Waals surface area contributed by atoms with Crippen LogP contribution < -0.4 is 5.32 Å². The zero-order valence-electron chi connectivity index (χ0n) is 50.5. The number of ether oxygens (including phenoxy) is 3. The molecule has 0 radical (unpaired) electrons. The van der Waals surface area contributed by atoms with E-state index in [0.29, 0.717) is 19.3 Å². The number of hydrogen-bond acceptors (Lipinski definition) is 10. The van der Waals surface area contributed by atoms with Crippen LogP contribution in [0.3, 0.4) is 0 Å². The normalized spacial score (nSPS) is 19.2. The minimum absolute atomic E-state index is 0.111. The third-order valence-corrected chi connectivity index (χ3v) is 15.6. The number of unbranched alkanes of at least 4 members (excludes halogenated alkanes) is 38. The third-order valence-electron chi connectivity index (χ3n) is 15.6. The van der Waals surface area contributed by atoms with Crippen LogP contribution in [0.4, 0.5) is 0 Å².